The average molecular weight is 281 g/mol. The normalized spacial score (nSPS) is 32.8. The third-order valence-electron chi connectivity index (χ3n) is 5.35. The monoisotopic (exact) mass is 281 g/mol. The quantitative estimate of drug-likeness (QED) is 0.764. The zero-order valence-electron chi connectivity index (χ0n) is 13.4. The highest BCUT2D eigenvalue weighted by Crippen LogP contribution is 2.36. The number of hydrogen-bond donors (Lipinski definition) is 0. The highest BCUT2D eigenvalue weighted by Gasteiger charge is 2.35. The van der Waals surface area contributed by atoms with E-state index >= 15 is 0 Å². The predicted octanol–water partition coefficient (Wildman–Crippen LogP) is 4.46. The van der Waals surface area contributed by atoms with Crippen LogP contribution in [0.1, 0.15) is 65.7 Å². The fourth-order valence-corrected chi connectivity index (χ4v) is 3.72. The van der Waals surface area contributed by atoms with Crippen molar-refractivity contribution in [1.29, 1.82) is 0 Å². The van der Waals surface area contributed by atoms with Crippen LogP contribution in [0.4, 0.5) is 4.79 Å². The van der Waals surface area contributed by atoms with Gasteiger partial charge in [0.2, 0.25) is 0 Å². The maximum Gasteiger partial charge on any atom is 0.410 e. The topological polar surface area (TPSA) is 29.5 Å². The van der Waals surface area contributed by atoms with Crippen LogP contribution < -0.4 is 0 Å². The molecule has 0 radical (unpaired) electrons. The fraction of sp³-hybridized carbons (Fsp3) is 0.941. The van der Waals surface area contributed by atoms with Gasteiger partial charge in [0.05, 0.1) is 0 Å². The van der Waals surface area contributed by atoms with Crippen molar-refractivity contribution in [2.24, 2.45) is 17.8 Å². The molecular formula is C17H31NO2. The van der Waals surface area contributed by atoms with E-state index in [1.807, 2.05) is 4.90 Å². The summed E-state index contributed by atoms with van der Waals surface area (Å²) in [4.78, 5) is 14.2. The Morgan fingerprint density at radius 2 is 1.95 bits per heavy atom. The van der Waals surface area contributed by atoms with Crippen LogP contribution in [0.2, 0.25) is 0 Å². The molecule has 3 nitrogen and oxygen atoms in total. The van der Waals surface area contributed by atoms with Gasteiger partial charge in [-0.3, -0.25) is 0 Å². The lowest BCUT2D eigenvalue weighted by atomic mass is 9.74. The highest BCUT2D eigenvalue weighted by molar-refractivity contribution is 5.67. The van der Waals surface area contributed by atoms with E-state index in [1.165, 1.54) is 25.7 Å². The minimum atomic E-state index is -0.0582. The van der Waals surface area contributed by atoms with Crippen molar-refractivity contribution in [1.82, 2.24) is 4.90 Å². The highest BCUT2D eigenvalue weighted by atomic mass is 16.6. The molecule has 0 aromatic rings. The number of likely N-dealkylation sites (tertiary alicyclic amines) is 1. The number of ether oxygens (including phenoxy) is 1. The molecule has 1 amide bonds. The summed E-state index contributed by atoms with van der Waals surface area (Å²) in [6.07, 6.45) is 8.32. The lowest BCUT2D eigenvalue weighted by Crippen LogP contribution is -2.42. The Kier molecular flexibility index (Phi) is 5.74. The first-order valence-corrected chi connectivity index (χ1v) is 8.57. The van der Waals surface area contributed by atoms with Crippen LogP contribution in [0, 0.1) is 17.8 Å². The predicted molar refractivity (Wildman–Crippen MR) is 81.7 cm³/mol. The SMILES string of the molecule is CCC(C)[C@@H]1CCC(C)CC1OC(=O)N1CCCCC1. The zero-order valence-corrected chi connectivity index (χ0v) is 13.4. The number of hydrogen-bond acceptors (Lipinski definition) is 2. The molecule has 1 aliphatic carbocycles. The number of piperidine rings is 1. The summed E-state index contributed by atoms with van der Waals surface area (Å²) in [5.74, 6) is 1.90. The van der Waals surface area contributed by atoms with Gasteiger partial charge in [0.1, 0.15) is 6.10 Å². The van der Waals surface area contributed by atoms with E-state index in [4.69, 9.17) is 4.74 Å². The second-order valence-electron chi connectivity index (χ2n) is 6.94. The fourth-order valence-electron chi connectivity index (χ4n) is 3.72. The van der Waals surface area contributed by atoms with Crippen molar-refractivity contribution in [2.45, 2.75) is 71.8 Å². The second kappa shape index (κ2) is 7.33. The Morgan fingerprint density at radius 3 is 2.60 bits per heavy atom. The van der Waals surface area contributed by atoms with E-state index in [1.54, 1.807) is 0 Å². The molecule has 2 rings (SSSR count). The first-order chi connectivity index (χ1) is 9.61. The van der Waals surface area contributed by atoms with E-state index < -0.39 is 0 Å². The molecule has 1 saturated heterocycles. The molecule has 0 bridgehead atoms. The Hall–Kier alpha value is -0.730. The van der Waals surface area contributed by atoms with Crippen molar-refractivity contribution in [3.05, 3.63) is 0 Å². The molecule has 0 spiro atoms. The van der Waals surface area contributed by atoms with Gasteiger partial charge in [-0.1, -0.05) is 33.6 Å². The largest absolute Gasteiger partial charge is 0.446 e. The summed E-state index contributed by atoms with van der Waals surface area (Å²) in [6.45, 7) is 8.60. The van der Waals surface area contributed by atoms with E-state index in [-0.39, 0.29) is 12.2 Å². The van der Waals surface area contributed by atoms with Gasteiger partial charge in [-0.25, -0.2) is 4.79 Å². The third kappa shape index (κ3) is 3.89. The van der Waals surface area contributed by atoms with Gasteiger partial charge in [-0.15, -0.1) is 0 Å². The first-order valence-electron chi connectivity index (χ1n) is 8.57. The van der Waals surface area contributed by atoms with E-state index in [0.717, 1.165) is 32.4 Å². The molecule has 2 fully saturated rings. The van der Waals surface area contributed by atoms with Crippen molar-refractivity contribution >= 4 is 6.09 Å². The molecule has 0 aromatic heterocycles. The standard InChI is InChI=1S/C17H31NO2/c1-4-14(3)15-9-8-13(2)12-16(15)20-17(19)18-10-6-5-7-11-18/h13-16H,4-12H2,1-3H3/t13?,14?,15-,16?/m0/s1. The van der Waals surface area contributed by atoms with Gasteiger partial charge in [0, 0.05) is 13.1 Å². The van der Waals surface area contributed by atoms with Crippen molar-refractivity contribution in [2.75, 3.05) is 13.1 Å². The van der Waals surface area contributed by atoms with Gasteiger partial charge < -0.3 is 9.64 Å². The molecule has 2 aliphatic rings. The van der Waals surface area contributed by atoms with Crippen LogP contribution in [-0.4, -0.2) is 30.2 Å². The summed E-state index contributed by atoms with van der Waals surface area (Å²) in [5.41, 5.74) is 0. The smallest absolute Gasteiger partial charge is 0.410 e. The van der Waals surface area contributed by atoms with E-state index in [2.05, 4.69) is 20.8 Å². The van der Waals surface area contributed by atoms with Crippen LogP contribution in [0.3, 0.4) is 0 Å². The van der Waals surface area contributed by atoms with Crippen molar-refractivity contribution in [3.63, 3.8) is 0 Å². The number of carbonyl (C=O) groups is 1. The molecule has 4 atom stereocenters. The number of carbonyl (C=O) groups excluding carboxylic acids is 1. The molecule has 0 aromatic carbocycles. The minimum Gasteiger partial charge on any atom is -0.446 e. The van der Waals surface area contributed by atoms with Crippen LogP contribution in [0.25, 0.3) is 0 Å². The first kappa shape index (κ1) is 15.7. The molecule has 1 aliphatic heterocycles. The van der Waals surface area contributed by atoms with E-state index in [9.17, 15) is 4.79 Å². The number of rotatable bonds is 3. The van der Waals surface area contributed by atoms with Crippen LogP contribution >= 0.6 is 0 Å². The minimum absolute atomic E-state index is 0.0582. The van der Waals surface area contributed by atoms with Crippen molar-refractivity contribution in [3.8, 4) is 0 Å². The Balaban J connectivity index is 1.94. The van der Waals surface area contributed by atoms with Gasteiger partial charge in [0.25, 0.3) is 0 Å². The van der Waals surface area contributed by atoms with Gasteiger partial charge >= 0.3 is 6.09 Å². The molecule has 1 heterocycles. The van der Waals surface area contributed by atoms with Crippen LogP contribution in [0.5, 0.6) is 0 Å². The molecule has 3 heteroatoms. The Labute approximate surface area is 124 Å². The van der Waals surface area contributed by atoms with E-state index in [0.29, 0.717) is 17.8 Å². The molecule has 3 unspecified atom stereocenters. The summed E-state index contributed by atoms with van der Waals surface area (Å²) >= 11 is 0. The Morgan fingerprint density at radius 1 is 1.25 bits per heavy atom. The summed E-state index contributed by atoms with van der Waals surface area (Å²) in [6, 6.07) is 0. The van der Waals surface area contributed by atoms with Gasteiger partial charge in [-0.2, -0.15) is 0 Å². The second-order valence-corrected chi connectivity index (χ2v) is 6.94. The van der Waals surface area contributed by atoms with Crippen molar-refractivity contribution < 1.29 is 9.53 Å². The maximum atomic E-state index is 12.3. The lowest BCUT2D eigenvalue weighted by Gasteiger charge is -2.39. The summed E-state index contributed by atoms with van der Waals surface area (Å²) < 4.78 is 5.92. The Bertz CT molecular complexity index is 312. The number of amides is 1. The molecule has 1 saturated carbocycles. The molecule has 116 valence electrons. The van der Waals surface area contributed by atoms with Gasteiger partial charge in [-0.05, 0) is 49.9 Å². The summed E-state index contributed by atoms with van der Waals surface area (Å²) in [7, 11) is 0. The summed E-state index contributed by atoms with van der Waals surface area (Å²) in [5, 5.41) is 0. The zero-order chi connectivity index (χ0) is 14.5. The maximum absolute atomic E-state index is 12.3. The average Bonchev–Trinajstić information content (AvgIpc) is 2.47. The third-order valence-corrected chi connectivity index (χ3v) is 5.35. The van der Waals surface area contributed by atoms with Gasteiger partial charge in [0.15, 0.2) is 0 Å². The lowest BCUT2D eigenvalue weighted by molar-refractivity contribution is -0.0151. The molecular weight excluding hydrogens is 250 g/mol. The van der Waals surface area contributed by atoms with Crippen LogP contribution in [-0.2, 0) is 4.74 Å². The van der Waals surface area contributed by atoms with Crippen LogP contribution in [0.15, 0.2) is 0 Å². The number of nitrogens with zero attached hydrogens (tertiary/aromatic N) is 1. The molecule has 0 N–H and O–H groups in total. The molecule has 20 heavy (non-hydrogen) atoms.